The number of allylic oxidation sites excluding steroid dienone is 2. The van der Waals surface area contributed by atoms with Gasteiger partial charge in [0.2, 0.25) is 0 Å². The third-order valence-electron chi connectivity index (χ3n) is 4.06. The Hall–Kier alpha value is -1.12. The number of hydrogen-bond acceptors (Lipinski definition) is 3. The summed E-state index contributed by atoms with van der Waals surface area (Å²) in [7, 11) is 0. The first-order valence-electron chi connectivity index (χ1n) is 7.10. The molecule has 3 heteroatoms. The van der Waals surface area contributed by atoms with E-state index in [0.29, 0.717) is 25.4 Å². The van der Waals surface area contributed by atoms with E-state index in [-0.39, 0.29) is 11.8 Å². The van der Waals surface area contributed by atoms with Gasteiger partial charge in [-0.05, 0) is 51.4 Å². The Morgan fingerprint density at radius 1 is 1.39 bits per heavy atom. The third kappa shape index (κ3) is 3.01. The highest BCUT2D eigenvalue weighted by Gasteiger charge is 2.33. The van der Waals surface area contributed by atoms with Crippen molar-refractivity contribution in [1.82, 2.24) is 0 Å². The Balaban J connectivity index is 2.12. The van der Waals surface area contributed by atoms with Gasteiger partial charge in [-0.25, -0.2) is 0 Å². The fraction of sp³-hybridized carbons (Fsp3) is 0.733. The molecule has 0 aliphatic heterocycles. The summed E-state index contributed by atoms with van der Waals surface area (Å²) in [6.45, 7) is 2.15. The van der Waals surface area contributed by atoms with Crippen molar-refractivity contribution >= 4 is 11.8 Å². The van der Waals surface area contributed by atoms with E-state index in [4.69, 9.17) is 4.74 Å². The van der Waals surface area contributed by atoms with Gasteiger partial charge >= 0.3 is 5.97 Å². The first-order valence-corrected chi connectivity index (χ1v) is 7.10. The van der Waals surface area contributed by atoms with Crippen molar-refractivity contribution in [2.45, 2.75) is 51.9 Å². The Morgan fingerprint density at radius 2 is 2.22 bits per heavy atom. The van der Waals surface area contributed by atoms with Gasteiger partial charge in [-0.2, -0.15) is 0 Å². The van der Waals surface area contributed by atoms with Gasteiger partial charge in [0.1, 0.15) is 11.7 Å². The van der Waals surface area contributed by atoms with Crippen LogP contribution >= 0.6 is 0 Å². The predicted molar refractivity (Wildman–Crippen MR) is 69.0 cm³/mol. The minimum absolute atomic E-state index is 0.0815. The van der Waals surface area contributed by atoms with Gasteiger partial charge in [0, 0.05) is 6.42 Å². The maximum atomic E-state index is 12.0. The lowest BCUT2D eigenvalue weighted by molar-refractivity contribution is -0.152. The molecule has 0 amide bonds. The standard InChI is InChI=1S/C15H22O3/c1-2-18-15(17)13-10-12-7-4-3-6-11(12)8-5-9-14(13)16/h6,12-13H,2-5,7-10H2,1H3/t12-,13?/m0/s1. The number of carbonyl (C=O) groups excluding carboxylic acids is 2. The number of rotatable bonds is 2. The summed E-state index contributed by atoms with van der Waals surface area (Å²) in [4.78, 5) is 23.9. The SMILES string of the molecule is CCOC(=O)C1C[C@@H]2CCCC=C2CCCC1=O. The molecule has 3 nitrogen and oxygen atoms in total. The van der Waals surface area contributed by atoms with Crippen LogP contribution in [-0.4, -0.2) is 18.4 Å². The molecule has 0 aromatic rings. The van der Waals surface area contributed by atoms with Crippen LogP contribution in [0.25, 0.3) is 0 Å². The summed E-state index contributed by atoms with van der Waals surface area (Å²) in [6.07, 6.45) is 8.89. The predicted octanol–water partition coefficient (Wildman–Crippen LogP) is 3.04. The monoisotopic (exact) mass is 250 g/mol. The van der Waals surface area contributed by atoms with Crippen LogP contribution in [0.4, 0.5) is 0 Å². The van der Waals surface area contributed by atoms with Crippen molar-refractivity contribution in [2.75, 3.05) is 6.61 Å². The number of ketones is 1. The number of esters is 1. The van der Waals surface area contributed by atoms with Crippen molar-refractivity contribution in [3.63, 3.8) is 0 Å². The maximum Gasteiger partial charge on any atom is 0.316 e. The van der Waals surface area contributed by atoms with E-state index >= 15 is 0 Å². The topological polar surface area (TPSA) is 43.4 Å². The highest BCUT2D eigenvalue weighted by molar-refractivity contribution is 5.99. The zero-order valence-corrected chi connectivity index (χ0v) is 11.1. The van der Waals surface area contributed by atoms with Crippen LogP contribution < -0.4 is 0 Å². The molecule has 0 aromatic carbocycles. The molecular formula is C15H22O3. The molecule has 0 spiro atoms. The van der Waals surface area contributed by atoms with Crippen LogP contribution in [0.1, 0.15) is 51.9 Å². The Kier molecular flexibility index (Phi) is 4.56. The van der Waals surface area contributed by atoms with Gasteiger partial charge < -0.3 is 4.74 Å². The average Bonchev–Trinajstić information content (AvgIpc) is 2.35. The zero-order chi connectivity index (χ0) is 13.0. The first-order chi connectivity index (χ1) is 8.72. The minimum Gasteiger partial charge on any atom is -0.465 e. The van der Waals surface area contributed by atoms with Crippen molar-refractivity contribution < 1.29 is 14.3 Å². The van der Waals surface area contributed by atoms with Gasteiger partial charge in [0.25, 0.3) is 0 Å². The Labute approximate surface area is 109 Å². The molecule has 0 saturated heterocycles. The van der Waals surface area contributed by atoms with Crippen LogP contribution in [0.15, 0.2) is 11.6 Å². The molecule has 100 valence electrons. The molecule has 1 saturated carbocycles. The lowest BCUT2D eigenvalue weighted by Crippen LogP contribution is -2.31. The van der Waals surface area contributed by atoms with Crippen LogP contribution in [0.5, 0.6) is 0 Å². The molecule has 2 rings (SSSR count). The van der Waals surface area contributed by atoms with Gasteiger partial charge in [-0.15, -0.1) is 0 Å². The number of fused-ring (bicyclic) bond motifs is 1. The number of carbonyl (C=O) groups is 2. The molecule has 0 N–H and O–H groups in total. The summed E-state index contributed by atoms with van der Waals surface area (Å²) >= 11 is 0. The Bertz CT molecular complexity index is 349. The van der Waals surface area contributed by atoms with E-state index in [0.717, 1.165) is 25.7 Å². The fourth-order valence-corrected chi connectivity index (χ4v) is 3.11. The molecule has 1 fully saturated rings. The number of Topliss-reactive ketones (excluding diaryl/α,β-unsaturated/α-hetero) is 1. The highest BCUT2D eigenvalue weighted by Crippen LogP contribution is 2.36. The second kappa shape index (κ2) is 6.17. The van der Waals surface area contributed by atoms with Crippen LogP contribution in [-0.2, 0) is 14.3 Å². The molecule has 2 aliphatic rings. The van der Waals surface area contributed by atoms with Crippen molar-refractivity contribution in [1.29, 1.82) is 0 Å². The van der Waals surface area contributed by atoms with E-state index < -0.39 is 5.92 Å². The van der Waals surface area contributed by atoms with Gasteiger partial charge in [0.15, 0.2) is 0 Å². The smallest absolute Gasteiger partial charge is 0.316 e. The van der Waals surface area contributed by atoms with E-state index in [1.165, 1.54) is 12.0 Å². The lowest BCUT2D eigenvalue weighted by atomic mass is 9.76. The molecule has 0 radical (unpaired) electrons. The molecule has 2 atom stereocenters. The van der Waals surface area contributed by atoms with Gasteiger partial charge in [-0.3, -0.25) is 9.59 Å². The fourth-order valence-electron chi connectivity index (χ4n) is 3.11. The summed E-state index contributed by atoms with van der Waals surface area (Å²) in [5, 5.41) is 0. The van der Waals surface area contributed by atoms with Crippen LogP contribution in [0.3, 0.4) is 0 Å². The molecule has 0 bridgehead atoms. The van der Waals surface area contributed by atoms with E-state index in [2.05, 4.69) is 6.08 Å². The first kappa shape index (κ1) is 13.3. The molecular weight excluding hydrogens is 228 g/mol. The molecule has 1 unspecified atom stereocenters. The summed E-state index contributed by atoms with van der Waals surface area (Å²) in [5.41, 5.74) is 1.48. The molecule has 0 heterocycles. The van der Waals surface area contributed by atoms with E-state index in [1.807, 2.05) is 0 Å². The summed E-state index contributed by atoms with van der Waals surface area (Å²) in [6, 6.07) is 0. The van der Waals surface area contributed by atoms with E-state index in [9.17, 15) is 9.59 Å². The molecule has 18 heavy (non-hydrogen) atoms. The summed E-state index contributed by atoms with van der Waals surface area (Å²) in [5.74, 6) is -0.318. The van der Waals surface area contributed by atoms with Gasteiger partial charge in [-0.1, -0.05) is 11.6 Å². The van der Waals surface area contributed by atoms with E-state index in [1.54, 1.807) is 6.92 Å². The molecule has 0 aromatic heterocycles. The normalized spacial score (nSPS) is 28.7. The second-order valence-corrected chi connectivity index (χ2v) is 5.27. The number of hydrogen-bond donors (Lipinski definition) is 0. The zero-order valence-electron chi connectivity index (χ0n) is 11.1. The minimum atomic E-state index is -0.517. The average molecular weight is 250 g/mol. The van der Waals surface area contributed by atoms with Crippen LogP contribution in [0.2, 0.25) is 0 Å². The Morgan fingerprint density at radius 3 is 3.00 bits per heavy atom. The summed E-state index contributed by atoms with van der Waals surface area (Å²) < 4.78 is 5.05. The van der Waals surface area contributed by atoms with Gasteiger partial charge in [0.05, 0.1) is 6.61 Å². The quantitative estimate of drug-likeness (QED) is 0.430. The largest absolute Gasteiger partial charge is 0.465 e. The van der Waals surface area contributed by atoms with Crippen LogP contribution in [0, 0.1) is 11.8 Å². The van der Waals surface area contributed by atoms with Crippen molar-refractivity contribution in [2.24, 2.45) is 11.8 Å². The highest BCUT2D eigenvalue weighted by atomic mass is 16.5. The maximum absolute atomic E-state index is 12.0. The number of ether oxygens (including phenoxy) is 1. The van der Waals surface area contributed by atoms with Crippen molar-refractivity contribution in [3.8, 4) is 0 Å². The van der Waals surface area contributed by atoms with Crippen molar-refractivity contribution in [3.05, 3.63) is 11.6 Å². The third-order valence-corrected chi connectivity index (χ3v) is 4.06. The lowest BCUT2D eigenvalue weighted by Gasteiger charge is -2.29. The molecule has 2 aliphatic carbocycles. The second-order valence-electron chi connectivity index (χ2n) is 5.27.